The highest BCUT2D eigenvalue weighted by atomic mass is 16.6. The Morgan fingerprint density at radius 2 is 2.18 bits per heavy atom. The number of hydrogen-bond donors (Lipinski definition) is 2. The van der Waals surface area contributed by atoms with E-state index in [0.717, 1.165) is 44.2 Å². The van der Waals surface area contributed by atoms with E-state index < -0.39 is 0 Å². The number of nitrogens with one attached hydrogen (secondary N) is 1. The van der Waals surface area contributed by atoms with Crippen LogP contribution in [0.1, 0.15) is 57.1 Å². The number of nitrogens with zero attached hydrogens (tertiary/aromatic N) is 1. The summed E-state index contributed by atoms with van der Waals surface area (Å²) in [6.07, 6.45) is 6.43. The lowest BCUT2D eigenvalue weighted by atomic mass is 9.83. The Morgan fingerprint density at radius 1 is 1.41 bits per heavy atom. The second kappa shape index (κ2) is 8.25. The van der Waals surface area contributed by atoms with Gasteiger partial charge in [-0.05, 0) is 50.6 Å². The van der Waals surface area contributed by atoms with E-state index in [1.165, 1.54) is 12.5 Å². The van der Waals surface area contributed by atoms with Crippen LogP contribution < -0.4 is 5.32 Å². The summed E-state index contributed by atoms with van der Waals surface area (Å²) in [7, 11) is 0. The zero-order chi connectivity index (χ0) is 15.9. The molecule has 0 aliphatic heterocycles. The van der Waals surface area contributed by atoms with Crippen molar-refractivity contribution in [2.45, 2.75) is 57.6 Å². The predicted molar refractivity (Wildman–Crippen MR) is 86.7 cm³/mol. The first-order chi connectivity index (χ1) is 10.6. The van der Waals surface area contributed by atoms with Crippen LogP contribution in [0.15, 0.2) is 24.3 Å². The molecule has 2 N–H and O–H groups in total. The van der Waals surface area contributed by atoms with E-state index in [0.29, 0.717) is 5.92 Å². The van der Waals surface area contributed by atoms with Crippen LogP contribution in [0.25, 0.3) is 0 Å². The second-order valence-electron chi connectivity index (χ2n) is 6.28. The lowest BCUT2D eigenvalue weighted by Gasteiger charge is -2.27. The number of non-ortho nitro benzene ring substituents is 1. The Balaban J connectivity index is 1.74. The first kappa shape index (κ1) is 16.9. The van der Waals surface area contributed by atoms with E-state index in [1.54, 1.807) is 12.1 Å². The monoisotopic (exact) mass is 306 g/mol. The van der Waals surface area contributed by atoms with Gasteiger partial charge in [0.25, 0.3) is 5.69 Å². The van der Waals surface area contributed by atoms with Gasteiger partial charge in [0.1, 0.15) is 0 Å². The Hall–Kier alpha value is -1.46. The van der Waals surface area contributed by atoms with Gasteiger partial charge < -0.3 is 10.4 Å². The van der Waals surface area contributed by atoms with Crippen LogP contribution in [0.3, 0.4) is 0 Å². The molecule has 1 aliphatic carbocycles. The van der Waals surface area contributed by atoms with Crippen molar-refractivity contribution in [1.29, 1.82) is 0 Å². The van der Waals surface area contributed by atoms with Gasteiger partial charge in [0, 0.05) is 18.2 Å². The molecule has 0 aromatic heterocycles. The number of aliphatic hydroxyl groups excluding tert-OH is 1. The van der Waals surface area contributed by atoms with E-state index in [2.05, 4.69) is 5.32 Å². The Kier molecular flexibility index (Phi) is 6.34. The topological polar surface area (TPSA) is 75.4 Å². The van der Waals surface area contributed by atoms with Crippen molar-refractivity contribution in [3.05, 3.63) is 39.9 Å². The molecule has 122 valence electrons. The second-order valence-corrected chi connectivity index (χ2v) is 6.28. The number of benzene rings is 1. The summed E-state index contributed by atoms with van der Waals surface area (Å²) >= 11 is 0. The van der Waals surface area contributed by atoms with Crippen LogP contribution in [0.2, 0.25) is 0 Å². The third kappa shape index (κ3) is 4.78. The van der Waals surface area contributed by atoms with Gasteiger partial charge in [-0.2, -0.15) is 0 Å². The van der Waals surface area contributed by atoms with E-state index in [9.17, 15) is 15.2 Å². The normalized spacial score (nSPS) is 23.2. The van der Waals surface area contributed by atoms with Crippen LogP contribution >= 0.6 is 0 Å². The van der Waals surface area contributed by atoms with Crippen LogP contribution in [0.5, 0.6) is 0 Å². The molecule has 3 atom stereocenters. The summed E-state index contributed by atoms with van der Waals surface area (Å²) in [5.41, 5.74) is 1.07. The van der Waals surface area contributed by atoms with Gasteiger partial charge in [0.15, 0.2) is 0 Å². The van der Waals surface area contributed by atoms with Gasteiger partial charge in [0.2, 0.25) is 0 Å². The minimum Gasteiger partial charge on any atom is -0.393 e. The lowest BCUT2D eigenvalue weighted by molar-refractivity contribution is -0.384. The van der Waals surface area contributed by atoms with E-state index >= 15 is 0 Å². The fraction of sp³-hybridized carbons (Fsp3) is 0.647. The molecule has 5 heteroatoms. The quantitative estimate of drug-likeness (QED) is 0.459. The number of hydrogen-bond acceptors (Lipinski definition) is 4. The molecule has 5 nitrogen and oxygen atoms in total. The van der Waals surface area contributed by atoms with Crippen LogP contribution in [0.4, 0.5) is 5.69 Å². The number of nitro benzene ring substituents is 1. The average Bonchev–Trinajstić information content (AvgIpc) is 2.53. The van der Waals surface area contributed by atoms with Crippen LogP contribution in [-0.4, -0.2) is 22.7 Å². The molecule has 1 aromatic rings. The summed E-state index contributed by atoms with van der Waals surface area (Å²) in [6.45, 7) is 2.89. The fourth-order valence-corrected chi connectivity index (χ4v) is 3.23. The molecule has 1 saturated carbocycles. The van der Waals surface area contributed by atoms with Gasteiger partial charge in [-0.15, -0.1) is 0 Å². The molecule has 0 spiro atoms. The van der Waals surface area contributed by atoms with E-state index in [-0.39, 0.29) is 22.8 Å². The van der Waals surface area contributed by atoms with Gasteiger partial charge in [-0.1, -0.05) is 25.0 Å². The highest BCUT2D eigenvalue weighted by Gasteiger charge is 2.22. The number of rotatable bonds is 7. The zero-order valence-electron chi connectivity index (χ0n) is 13.2. The smallest absolute Gasteiger partial charge is 0.269 e. The molecular weight excluding hydrogens is 280 g/mol. The Labute approximate surface area is 131 Å². The summed E-state index contributed by atoms with van der Waals surface area (Å²) in [6, 6.07) is 6.87. The van der Waals surface area contributed by atoms with Gasteiger partial charge >= 0.3 is 0 Å². The maximum absolute atomic E-state index is 10.8. The average molecular weight is 306 g/mol. The fourth-order valence-electron chi connectivity index (χ4n) is 3.23. The molecule has 22 heavy (non-hydrogen) atoms. The molecule has 1 aliphatic rings. The van der Waals surface area contributed by atoms with Gasteiger partial charge in [-0.25, -0.2) is 0 Å². The third-order valence-electron chi connectivity index (χ3n) is 4.65. The van der Waals surface area contributed by atoms with Gasteiger partial charge in [0.05, 0.1) is 11.0 Å². The standard InChI is InChI=1S/C17H26N2O3/c1-13(15-7-4-9-16(12-15)19(21)22)18-11-5-8-14-6-2-3-10-17(14)20/h4,7,9,12-14,17-18,20H,2-3,5-6,8,10-11H2,1H3. The minimum atomic E-state index is -0.360. The maximum atomic E-state index is 10.8. The molecular formula is C17H26N2O3. The van der Waals surface area contributed by atoms with Crippen LogP contribution in [-0.2, 0) is 0 Å². The summed E-state index contributed by atoms with van der Waals surface area (Å²) in [5.74, 6) is 0.448. The predicted octanol–water partition coefficient (Wildman–Crippen LogP) is 3.58. The molecule has 0 bridgehead atoms. The summed E-state index contributed by atoms with van der Waals surface area (Å²) < 4.78 is 0. The SMILES string of the molecule is CC(NCCCC1CCCCC1O)c1cccc([N+](=O)[O-])c1. The number of aliphatic hydroxyl groups is 1. The van der Waals surface area contributed by atoms with Crippen molar-refractivity contribution in [2.75, 3.05) is 6.54 Å². The Bertz CT molecular complexity index is 493. The number of nitro groups is 1. The Morgan fingerprint density at radius 3 is 2.91 bits per heavy atom. The molecule has 1 fully saturated rings. The first-order valence-corrected chi connectivity index (χ1v) is 8.23. The van der Waals surface area contributed by atoms with Crippen molar-refractivity contribution < 1.29 is 10.0 Å². The largest absolute Gasteiger partial charge is 0.393 e. The minimum absolute atomic E-state index is 0.0937. The van der Waals surface area contributed by atoms with Gasteiger partial charge in [-0.3, -0.25) is 10.1 Å². The first-order valence-electron chi connectivity index (χ1n) is 8.23. The summed E-state index contributed by atoms with van der Waals surface area (Å²) in [4.78, 5) is 10.4. The molecule has 0 heterocycles. The van der Waals surface area contributed by atoms with Crippen molar-refractivity contribution in [2.24, 2.45) is 5.92 Å². The molecule has 3 unspecified atom stereocenters. The highest BCUT2D eigenvalue weighted by Crippen LogP contribution is 2.27. The highest BCUT2D eigenvalue weighted by molar-refractivity contribution is 5.35. The zero-order valence-corrected chi connectivity index (χ0v) is 13.2. The van der Waals surface area contributed by atoms with Crippen LogP contribution in [0, 0.1) is 16.0 Å². The molecule has 0 radical (unpaired) electrons. The van der Waals surface area contributed by atoms with Crippen molar-refractivity contribution in [3.63, 3.8) is 0 Å². The molecule has 2 rings (SSSR count). The van der Waals surface area contributed by atoms with Crippen molar-refractivity contribution >= 4 is 5.69 Å². The van der Waals surface area contributed by atoms with Crippen molar-refractivity contribution in [1.82, 2.24) is 5.32 Å². The molecule has 0 amide bonds. The molecule has 1 aromatic carbocycles. The molecule has 0 saturated heterocycles. The van der Waals surface area contributed by atoms with Crippen molar-refractivity contribution in [3.8, 4) is 0 Å². The van der Waals surface area contributed by atoms with E-state index in [4.69, 9.17) is 0 Å². The summed E-state index contributed by atoms with van der Waals surface area (Å²) in [5, 5.41) is 24.2. The van der Waals surface area contributed by atoms with E-state index in [1.807, 2.05) is 13.0 Å². The maximum Gasteiger partial charge on any atom is 0.269 e. The third-order valence-corrected chi connectivity index (χ3v) is 4.65. The lowest BCUT2D eigenvalue weighted by Crippen LogP contribution is -2.26.